The maximum Gasteiger partial charge on any atom is 0.472 e. The van der Waals surface area contributed by atoms with Crippen LogP contribution in [0.4, 0.5) is 0 Å². The van der Waals surface area contributed by atoms with Crippen molar-refractivity contribution in [3.05, 3.63) is 59.1 Å². The normalized spacial score (nSPS) is 16.9. The number of carbonyl (C=O) groups is 2. The number of carbonyl (C=O) groups excluding carboxylic acids is 2. The molecule has 1 aromatic heterocycles. The molecular formula is C52H91NO10P+. The number of likely N-dealkylation sites (N-methyl/N-ethyl adjacent to an activating group) is 1. The second-order valence-electron chi connectivity index (χ2n) is 18.8. The molecule has 1 aliphatic rings. The van der Waals surface area contributed by atoms with Gasteiger partial charge in [-0.3, -0.25) is 18.6 Å². The SMILES string of the molecule is CCCCC/C=C\C/C=C\CC1OC1C/C=C\CCCC(=O)OC[C@H](COP(=O)(O)OCC[N+](C)(C)C)OC(=O)CCCCCCCCCCCCc1oc(CCCCC)c(C)c1C. The number of allylic oxidation sites excluding steroid dienone is 4. The van der Waals surface area contributed by atoms with Crippen LogP contribution in [0.1, 0.15) is 191 Å². The lowest BCUT2D eigenvalue weighted by Gasteiger charge is -2.24. The molecular weight excluding hydrogens is 830 g/mol. The summed E-state index contributed by atoms with van der Waals surface area (Å²) in [5.74, 6) is 1.48. The van der Waals surface area contributed by atoms with E-state index in [-0.39, 0.29) is 38.3 Å². The summed E-state index contributed by atoms with van der Waals surface area (Å²) in [7, 11) is 1.42. The van der Waals surface area contributed by atoms with E-state index < -0.39 is 32.5 Å². The summed E-state index contributed by atoms with van der Waals surface area (Å²) in [5, 5.41) is 0. The van der Waals surface area contributed by atoms with Crippen molar-refractivity contribution >= 4 is 19.8 Å². The number of rotatable bonds is 41. The number of esters is 2. The Hall–Kier alpha value is -2.53. The van der Waals surface area contributed by atoms with Crippen LogP contribution in [0.15, 0.2) is 40.9 Å². The van der Waals surface area contributed by atoms with Crippen molar-refractivity contribution in [2.45, 2.75) is 213 Å². The third-order valence-corrected chi connectivity index (χ3v) is 12.8. The van der Waals surface area contributed by atoms with E-state index in [0.29, 0.717) is 23.9 Å². The molecule has 0 aromatic carbocycles. The number of aryl methyl sites for hydroxylation is 2. The van der Waals surface area contributed by atoms with Gasteiger partial charge in [-0.25, -0.2) is 4.57 Å². The molecule has 11 nitrogen and oxygen atoms in total. The van der Waals surface area contributed by atoms with Crippen LogP contribution in [0.3, 0.4) is 0 Å². The zero-order valence-electron chi connectivity index (χ0n) is 41.4. The van der Waals surface area contributed by atoms with Gasteiger partial charge in [0.2, 0.25) is 0 Å². The predicted octanol–water partition coefficient (Wildman–Crippen LogP) is 13.1. The third-order valence-electron chi connectivity index (χ3n) is 11.8. The maximum atomic E-state index is 12.8. The molecule has 0 aliphatic carbocycles. The molecule has 2 rings (SSSR count). The van der Waals surface area contributed by atoms with Crippen molar-refractivity contribution in [1.29, 1.82) is 0 Å². The number of furan rings is 1. The molecule has 1 fully saturated rings. The van der Waals surface area contributed by atoms with Crippen molar-refractivity contribution in [2.24, 2.45) is 0 Å². The summed E-state index contributed by atoms with van der Waals surface area (Å²) >= 11 is 0. The Morgan fingerprint density at radius 3 is 1.80 bits per heavy atom. The van der Waals surface area contributed by atoms with Crippen LogP contribution in [0.2, 0.25) is 0 Å². The number of epoxide rings is 1. The van der Waals surface area contributed by atoms with Gasteiger partial charge >= 0.3 is 19.8 Å². The number of ether oxygens (including phenoxy) is 3. The molecule has 1 aliphatic heterocycles. The van der Waals surface area contributed by atoms with Gasteiger partial charge in [-0.2, -0.15) is 0 Å². The molecule has 368 valence electrons. The zero-order chi connectivity index (χ0) is 46.9. The smallest absolute Gasteiger partial charge is 0.466 e. The van der Waals surface area contributed by atoms with Gasteiger partial charge in [-0.1, -0.05) is 127 Å². The average Bonchev–Trinajstić information content (AvgIpc) is 3.95. The summed E-state index contributed by atoms with van der Waals surface area (Å²) in [4.78, 5) is 35.6. The van der Waals surface area contributed by atoms with E-state index in [1.165, 1.54) is 99.7 Å². The van der Waals surface area contributed by atoms with Gasteiger partial charge < -0.3 is 28.0 Å². The van der Waals surface area contributed by atoms with E-state index in [9.17, 15) is 19.0 Å². The molecule has 12 heteroatoms. The first-order valence-electron chi connectivity index (χ1n) is 25.2. The van der Waals surface area contributed by atoms with Crippen molar-refractivity contribution in [1.82, 2.24) is 0 Å². The topological polar surface area (TPSA) is 134 Å². The van der Waals surface area contributed by atoms with E-state index >= 15 is 0 Å². The second-order valence-corrected chi connectivity index (χ2v) is 20.3. The van der Waals surface area contributed by atoms with Crippen molar-refractivity contribution in [3.8, 4) is 0 Å². The molecule has 2 heterocycles. The van der Waals surface area contributed by atoms with Crippen LogP contribution >= 0.6 is 7.82 Å². The van der Waals surface area contributed by atoms with E-state index in [1.54, 1.807) is 0 Å². The van der Waals surface area contributed by atoms with E-state index in [1.807, 2.05) is 21.1 Å². The Bertz CT molecular complexity index is 1530. The van der Waals surface area contributed by atoms with Crippen molar-refractivity contribution in [2.75, 3.05) is 47.5 Å². The summed E-state index contributed by atoms with van der Waals surface area (Å²) in [6.45, 7) is 8.67. The second kappa shape index (κ2) is 34.7. The molecule has 0 radical (unpaired) electrons. The predicted molar refractivity (Wildman–Crippen MR) is 259 cm³/mol. The van der Waals surface area contributed by atoms with Crippen molar-refractivity contribution in [3.63, 3.8) is 0 Å². The first-order chi connectivity index (χ1) is 30.7. The molecule has 0 saturated carbocycles. The Morgan fingerprint density at radius 2 is 1.17 bits per heavy atom. The number of quaternary nitrogens is 1. The minimum absolute atomic E-state index is 0.0140. The quantitative estimate of drug-likeness (QED) is 0.0169. The molecule has 0 bridgehead atoms. The van der Waals surface area contributed by atoms with E-state index in [4.69, 9.17) is 27.7 Å². The molecule has 3 unspecified atom stereocenters. The maximum absolute atomic E-state index is 12.8. The Labute approximate surface area is 389 Å². The fraction of sp³-hybridized carbons (Fsp3) is 0.769. The van der Waals surface area contributed by atoms with Gasteiger partial charge in [0.25, 0.3) is 0 Å². The summed E-state index contributed by atoms with van der Waals surface area (Å²) in [5.41, 5.74) is 2.69. The molecule has 1 N–H and O–H groups in total. The fourth-order valence-corrected chi connectivity index (χ4v) is 8.14. The number of hydrogen-bond donors (Lipinski definition) is 1. The van der Waals surface area contributed by atoms with Gasteiger partial charge in [0.05, 0.1) is 40.0 Å². The summed E-state index contributed by atoms with van der Waals surface area (Å²) < 4.78 is 46.5. The van der Waals surface area contributed by atoms with E-state index in [0.717, 1.165) is 64.2 Å². The highest BCUT2D eigenvalue weighted by molar-refractivity contribution is 7.47. The third kappa shape index (κ3) is 29.9. The largest absolute Gasteiger partial charge is 0.472 e. The summed E-state index contributed by atoms with van der Waals surface area (Å²) in [6.07, 6.45) is 38.9. The van der Waals surface area contributed by atoms with Gasteiger partial charge in [-0.15, -0.1) is 0 Å². The average molecular weight is 921 g/mol. The molecule has 0 amide bonds. The monoisotopic (exact) mass is 921 g/mol. The Balaban J connectivity index is 1.61. The first-order valence-corrected chi connectivity index (χ1v) is 26.7. The van der Waals surface area contributed by atoms with Crippen LogP contribution in [0.25, 0.3) is 0 Å². The van der Waals surface area contributed by atoms with Gasteiger partial charge in [0, 0.05) is 25.7 Å². The fourth-order valence-electron chi connectivity index (χ4n) is 7.40. The highest BCUT2D eigenvalue weighted by atomic mass is 31.2. The minimum atomic E-state index is -4.41. The number of phosphoric acid groups is 1. The van der Waals surface area contributed by atoms with Crippen LogP contribution in [-0.4, -0.2) is 87.1 Å². The lowest BCUT2D eigenvalue weighted by Crippen LogP contribution is -2.37. The van der Waals surface area contributed by atoms with Crippen LogP contribution in [0.5, 0.6) is 0 Å². The standard InChI is InChI=1S/C52H90NO10P/c1-8-10-12-13-14-17-21-24-30-36-49-50(63-49)37-31-26-27-32-38-51(54)58-42-46(43-60-64(56,57)59-41-40-53(5,6)7)61-52(55)39-33-25-22-19-16-15-18-20-23-29-35-48-45(4)44(3)47(62-48)34-28-11-9-2/h14,17,24,26,30-31,46,49-50H,8-13,15-16,18-23,25,27-29,32-43H2,1-7H3/p+1/b17-14-,30-24-,31-26-/t46-,49?,50?/m1/s1. The minimum Gasteiger partial charge on any atom is -0.466 e. The van der Waals surface area contributed by atoms with Crippen molar-refractivity contribution < 1.29 is 51.2 Å². The Kier molecular flexibility index (Phi) is 31.3. The molecule has 0 spiro atoms. The number of unbranched alkanes of at least 4 members (excludes halogenated alkanes) is 15. The number of hydrogen-bond acceptors (Lipinski definition) is 9. The molecule has 64 heavy (non-hydrogen) atoms. The Morgan fingerprint density at radius 1 is 0.656 bits per heavy atom. The zero-order valence-corrected chi connectivity index (χ0v) is 42.3. The van der Waals surface area contributed by atoms with E-state index in [2.05, 4.69) is 64.2 Å². The molecule has 1 saturated heterocycles. The van der Waals surface area contributed by atoms with Crippen LogP contribution in [0, 0.1) is 13.8 Å². The molecule has 4 atom stereocenters. The van der Waals surface area contributed by atoms with Crippen LogP contribution in [-0.2, 0) is 50.3 Å². The van der Waals surface area contributed by atoms with Gasteiger partial charge in [0.1, 0.15) is 31.3 Å². The lowest BCUT2D eigenvalue weighted by atomic mass is 10.0. The first kappa shape index (κ1) is 57.6. The summed E-state index contributed by atoms with van der Waals surface area (Å²) in [6, 6.07) is 0. The number of phosphoric ester groups is 1. The van der Waals surface area contributed by atoms with Gasteiger partial charge in [0.15, 0.2) is 6.10 Å². The highest BCUT2D eigenvalue weighted by Crippen LogP contribution is 2.43. The van der Waals surface area contributed by atoms with Crippen LogP contribution < -0.4 is 0 Å². The lowest BCUT2D eigenvalue weighted by molar-refractivity contribution is -0.870. The number of nitrogens with zero attached hydrogens (tertiary/aromatic N) is 1. The molecule has 1 aromatic rings. The highest BCUT2D eigenvalue weighted by Gasteiger charge is 2.36. The van der Waals surface area contributed by atoms with Gasteiger partial charge in [-0.05, 0) is 89.2 Å².